The smallest absolute Gasteiger partial charge is 0.243 e. The van der Waals surface area contributed by atoms with Gasteiger partial charge in [-0.25, -0.2) is 4.98 Å². The molecule has 0 saturated carbocycles. The van der Waals surface area contributed by atoms with Crippen molar-refractivity contribution in [3.63, 3.8) is 0 Å². The standard InChI is InChI=1S/C16H25N3O2S.ClH/c17-14(11-7-9-21-10-8-11)15(20)19-16-18-12-5-3-1-2-4-6-13(12)22-16;/h11,14H,1-10,17H2,(H,18,19,20);1H. The maximum absolute atomic E-state index is 12.4. The first-order valence-corrected chi connectivity index (χ1v) is 9.18. The molecule has 2 heterocycles. The molecule has 1 aromatic heterocycles. The number of nitrogens with zero attached hydrogens (tertiary/aromatic N) is 1. The second-order valence-corrected chi connectivity index (χ2v) is 7.35. The molecule has 1 aliphatic heterocycles. The number of amides is 1. The molecule has 1 fully saturated rings. The van der Waals surface area contributed by atoms with Gasteiger partial charge in [-0.15, -0.1) is 23.7 Å². The Bertz CT molecular complexity index is 492. The highest BCUT2D eigenvalue weighted by Gasteiger charge is 2.27. The number of carbonyl (C=O) groups excluding carboxylic acids is 1. The quantitative estimate of drug-likeness (QED) is 0.869. The fourth-order valence-electron chi connectivity index (χ4n) is 3.24. The average molecular weight is 360 g/mol. The van der Waals surface area contributed by atoms with Crippen LogP contribution in [0.25, 0.3) is 0 Å². The van der Waals surface area contributed by atoms with Crippen LogP contribution in [0.2, 0.25) is 0 Å². The molecule has 0 bridgehead atoms. The van der Waals surface area contributed by atoms with Gasteiger partial charge < -0.3 is 15.8 Å². The lowest BCUT2D eigenvalue weighted by Gasteiger charge is -2.26. The van der Waals surface area contributed by atoms with Crippen molar-refractivity contribution in [1.82, 2.24) is 4.98 Å². The number of nitrogens with two attached hydrogens (primary N) is 1. The Kier molecular flexibility index (Phi) is 7.27. The van der Waals surface area contributed by atoms with Crippen molar-refractivity contribution in [2.75, 3.05) is 18.5 Å². The molecule has 7 heteroatoms. The Hall–Kier alpha value is -0.690. The lowest BCUT2D eigenvalue weighted by molar-refractivity contribution is -0.119. The first-order chi connectivity index (χ1) is 10.7. The molecule has 1 amide bonds. The number of halogens is 1. The first-order valence-electron chi connectivity index (χ1n) is 8.37. The van der Waals surface area contributed by atoms with Crippen LogP contribution in [0.4, 0.5) is 5.13 Å². The summed E-state index contributed by atoms with van der Waals surface area (Å²) in [5, 5.41) is 3.66. The molecule has 1 aromatic rings. The summed E-state index contributed by atoms with van der Waals surface area (Å²) in [4.78, 5) is 18.3. The molecule has 5 nitrogen and oxygen atoms in total. The van der Waals surface area contributed by atoms with Crippen molar-refractivity contribution < 1.29 is 9.53 Å². The Morgan fingerprint density at radius 1 is 1.22 bits per heavy atom. The molecule has 1 aliphatic carbocycles. The van der Waals surface area contributed by atoms with E-state index in [4.69, 9.17) is 10.5 Å². The number of hydrogen-bond acceptors (Lipinski definition) is 5. The van der Waals surface area contributed by atoms with Gasteiger partial charge in [0, 0.05) is 18.1 Å². The third-order valence-corrected chi connectivity index (χ3v) is 5.73. The SMILES string of the molecule is Cl.NC(C(=O)Nc1nc2c(s1)CCCCCC2)C1CCOCC1. The molecule has 130 valence electrons. The predicted octanol–water partition coefficient (Wildman–Crippen LogP) is 2.92. The zero-order valence-corrected chi connectivity index (χ0v) is 15.0. The molecule has 3 N–H and O–H groups in total. The number of aryl methyl sites for hydroxylation is 2. The number of nitrogens with one attached hydrogen (secondary N) is 1. The number of hydrogen-bond donors (Lipinski definition) is 2. The van der Waals surface area contributed by atoms with Gasteiger partial charge in [0.15, 0.2) is 5.13 Å². The lowest BCUT2D eigenvalue weighted by atomic mass is 9.92. The summed E-state index contributed by atoms with van der Waals surface area (Å²) in [6.45, 7) is 1.41. The fraction of sp³-hybridized carbons (Fsp3) is 0.750. The third kappa shape index (κ3) is 4.89. The number of fused-ring (bicyclic) bond motifs is 1. The molecule has 1 unspecified atom stereocenters. The van der Waals surface area contributed by atoms with Gasteiger partial charge in [0.1, 0.15) is 0 Å². The predicted molar refractivity (Wildman–Crippen MR) is 95.4 cm³/mol. The van der Waals surface area contributed by atoms with E-state index in [9.17, 15) is 4.79 Å². The van der Waals surface area contributed by atoms with Crippen molar-refractivity contribution >= 4 is 34.8 Å². The Balaban J connectivity index is 0.00000192. The van der Waals surface area contributed by atoms with E-state index < -0.39 is 6.04 Å². The van der Waals surface area contributed by atoms with E-state index >= 15 is 0 Å². The molecule has 0 radical (unpaired) electrons. The molecule has 1 atom stereocenters. The first kappa shape index (κ1) is 18.6. The molecular formula is C16H26ClN3O2S. The van der Waals surface area contributed by atoms with Crippen LogP contribution in [0.5, 0.6) is 0 Å². The highest BCUT2D eigenvalue weighted by atomic mass is 35.5. The van der Waals surface area contributed by atoms with Gasteiger partial charge in [0.2, 0.25) is 5.91 Å². The number of rotatable bonds is 3. The van der Waals surface area contributed by atoms with Gasteiger partial charge in [-0.3, -0.25) is 4.79 Å². The molecule has 2 aliphatic rings. The minimum Gasteiger partial charge on any atom is -0.381 e. The van der Waals surface area contributed by atoms with E-state index in [1.54, 1.807) is 11.3 Å². The van der Waals surface area contributed by atoms with E-state index in [2.05, 4.69) is 10.3 Å². The van der Waals surface area contributed by atoms with Crippen molar-refractivity contribution in [3.05, 3.63) is 10.6 Å². The minimum absolute atomic E-state index is 0. The lowest BCUT2D eigenvalue weighted by Crippen LogP contribution is -2.44. The summed E-state index contributed by atoms with van der Waals surface area (Å²) in [6.07, 6.45) is 8.87. The summed E-state index contributed by atoms with van der Waals surface area (Å²) in [5.41, 5.74) is 7.30. The topological polar surface area (TPSA) is 77.2 Å². The van der Waals surface area contributed by atoms with Gasteiger partial charge in [-0.05, 0) is 44.4 Å². The molecule has 0 aromatic carbocycles. The molecule has 3 rings (SSSR count). The van der Waals surface area contributed by atoms with Crippen LogP contribution >= 0.6 is 23.7 Å². The van der Waals surface area contributed by atoms with Crippen LogP contribution < -0.4 is 11.1 Å². The Labute approximate surface area is 147 Å². The monoisotopic (exact) mass is 359 g/mol. The third-order valence-electron chi connectivity index (χ3n) is 4.65. The number of aromatic nitrogens is 1. The van der Waals surface area contributed by atoms with Crippen LogP contribution in [-0.2, 0) is 22.4 Å². The van der Waals surface area contributed by atoms with Crippen LogP contribution in [0.3, 0.4) is 0 Å². The van der Waals surface area contributed by atoms with Crippen LogP contribution in [-0.4, -0.2) is 30.1 Å². The molecule has 1 saturated heterocycles. The van der Waals surface area contributed by atoms with E-state index in [1.165, 1.54) is 36.3 Å². The van der Waals surface area contributed by atoms with Crippen LogP contribution in [0.15, 0.2) is 0 Å². The zero-order chi connectivity index (χ0) is 15.4. The summed E-state index contributed by atoms with van der Waals surface area (Å²) in [6, 6.07) is -0.463. The molecule has 23 heavy (non-hydrogen) atoms. The summed E-state index contributed by atoms with van der Waals surface area (Å²) in [5.74, 6) is 0.114. The fourth-order valence-corrected chi connectivity index (χ4v) is 4.29. The highest BCUT2D eigenvalue weighted by molar-refractivity contribution is 7.15. The van der Waals surface area contributed by atoms with E-state index in [0.29, 0.717) is 13.2 Å². The van der Waals surface area contributed by atoms with Gasteiger partial charge >= 0.3 is 0 Å². The van der Waals surface area contributed by atoms with Crippen molar-refractivity contribution in [1.29, 1.82) is 0 Å². The summed E-state index contributed by atoms with van der Waals surface area (Å²) in [7, 11) is 0. The van der Waals surface area contributed by atoms with Gasteiger partial charge in [0.05, 0.1) is 11.7 Å². The highest BCUT2D eigenvalue weighted by Crippen LogP contribution is 2.29. The van der Waals surface area contributed by atoms with Crippen LogP contribution in [0.1, 0.15) is 49.1 Å². The van der Waals surface area contributed by atoms with Crippen molar-refractivity contribution in [3.8, 4) is 0 Å². The Morgan fingerprint density at radius 2 is 1.91 bits per heavy atom. The van der Waals surface area contributed by atoms with Crippen molar-refractivity contribution in [2.45, 2.75) is 57.4 Å². The zero-order valence-electron chi connectivity index (χ0n) is 13.4. The Morgan fingerprint density at radius 3 is 2.65 bits per heavy atom. The van der Waals surface area contributed by atoms with Crippen LogP contribution in [0, 0.1) is 5.92 Å². The number of anilines is 1. The summed E-state index contributed by atoms with van der Waals surface area (Å²) < 4.78 is 5.33. The van der Waals surface area contributed by atoms with Crippen molar-refractivity contribution in [2.24, 2.45) is 11.7 Å². The minimum atomic E-state index is -0.463. The van der Waals surface area contributed by atoms with E-state index in [1.807, 2.05) is 0 Å². The number of carbonyl (C=O) groups is 1. The maximum Gasteiger partial charge on any atom is 0.243 e. The number of ether oxygens (including phenoxy) is 1. The number of thiazole rings is 1. The molecule has 0 spiro atoms. The van der Waals surface area contributed by atoms with E-state index in [0.717, 1.165) is 30.8 Å². The summed E-state index contributed by atoms with van der Waals surface area (Å²) >= 11 is 1.63. The largest absolute Gasteiger partial charge is 0.381 e. The van der Waals surface area contributed by atoms with Gasteiger partial charge in [-0.1, -0.05) is 12.8 Å². The van der Waals surface area contributed by atoms with Gasteiger partial charge in [-0.2, -0.15) is 0 Å². The maximum atomic E-state index is 12.4. The normalized spacial score (nSPS) is 20.6. The van der Waals surface area contributed by atoms with Gasteiger partial charge in [0.25, 0.3) is 0 Å². The second kappa shape index (κ2) is 8.97. The second-order valence-electron chi connectivity index (χ2n) is 6.27. The van der Waals surface area contributed by atoms with E-state index in [-0.39, 0.29) is 24.2 Å². The average Bonchev–Trinajstić information content (AvgIpc) is 2.88. The molecular weight excluding hydrogens is 334 g/mol.